The van der Waals surface area contributed by atoms with Crippen LogP contribution in [0.5, 0.6) is 0 Å². The summed E-state index contributed by atoms with van der Waals surface area (Å²) in [6.07, 6.45) is 6.86. The van der Waals surface area contributed by atoms with Gasteiger partial charge in [0, 0.05) is 21.0 Å². The lowest BCUT2D eigenvalue weighted by molar-refractivity contribution is 0.330. The van der Waals surface area contributed by atoms with Crippen molar-refractivity contribution in [3.8, 4) is 0 Å². The molecule has 0 radical (unpaired) electrons. The molecule has 0 heterocycles. The first-order chi connectivity index (χ1) is 9.08. The van der Waals surface area contributed by atoms with Gasteiger partial charge in [0.1, 0.15) is 0 Å². The third-order valence-corrected chi connectivity index (χ3v) is 5.43. The molecule has 1 aliphatic rings. The maximum absolute atomic E-state index is 3.84. The summed E-state index contributed by atoms with van der Waals surface area (Å²) in [5, 5.41) is 3.84. The summed E-state index contributed by atoms with van der Waals surface area (Å²) in [5.74, 6) is 0.791. The van der Waals surface area contributed by atoms with Crippen molar-refractivity contribution in [3.05, 3.63) is 32.7 Å². The second-order valence-corrected chi connectivity index (χ2v) is 7.55. The molecular weight excluding hydrogens is 366 g/mol. The van der Waals surface area contributed by atoms with E-state index in [0.29, 0.717) is 12.1 Å². The van der Waals surface area contributed by atoms with Crippen LogP contribution < -0.4 is 5.32 Å². The Morgan fingerprint density at radius 1 is 1.16 bits per heavy atom. The number of nitrogens with one attached hydrogen (secondary N) is 1. The Hall–Kier alpha value is 0.140. The zero-order valence-electron chi connectivity index (χ0n) is 11.8. The molecular formula is C16H23Br2N. The summed E-state index contributed by atoms with van der Waals surface area (Å²) in [6, 6.07) is 7.51. The Morgan fingerprint density at radius 2 is 1.89 bits per heavy atom. The summed E-state index contributed by atoms with van der Waals surface area (Å²) in [6.45, 7) is 4.66. The Balaban J connectivity index is 2.04. The van der Waals surface area contributed by atoms with Crippen molar-refractivity contribution < 1.29 is 0 Å². The fraction of sp³-hybridized carbons (Fsp3) is 0.625. The second-order valence-electron chi connectivity index (χ2n) is 5.78. The zero-order valence-corrected chi connectivity index (χ0v) is 14.9. The number of rotatable bonds is 3. The fourth-order valence-electron chi connectivity index (χ4n) is 3.00. The zero-order chi connectivity index (χ0) is 13.8. The molecule has 0 amide bonds. The van der Waals surface area contributed by atoms with Crippen molar-refractivity contribution in [2.24, 2.45) is 5.92 Å². The first-order valence-corrected chi connectivity index (χ1v) is 8.87. The van der Waals surface area contributed by atoms with E-state index in [0.717, 1.165) is 10.4 Å². The van der Waals surface area contributed by atoms with Gasteiger partial charge in [0.2, 0.25) is 0 Å². The lowest BCUT2D eigenvalue weighted by Crippen LogP contribution is -2.36. The molecule has 106 valence electrons. The van der Waals surface area contributed by atoms with Gasteiger partial charge in [-0.3, -0.25) is 0 Å². The van der Waals surface area contributed by atoms with E-state index >= 15 is 0 Å². The average Bonchev–Trinajstić information content (AvgIpc) is 2.55. The van der Waals surface area contributed by atoms with Gasteiger partial charge in [-0.05, 0) is 43.4 Å². The van der Waals surface area contributed by atoms with Crippen LogP contribution in [0.4, 0.5) is 0 Å². The van der Waals surface area contributed by atoms with Gasteiger partial charge in [-0.25, -0.2) is 0 Å². The highest BCUT2D eigenvalue weighted by Crippen LogP contribution is 2.29. The standard InChI is InChI=1S/C16H23Br2N/c1-11-6-4-3-5-7-16(11)19-12(2)14-9-8-13(17)10-15(14)18/h8-12,16,19H,3-7H2,1-2H3. The molecule has 1 fully saturated rings. The van der Waals surface area contributed by atoms with Gasteiger partial charge in [0.15, 0.2) is 0 Å². The van der Waals surface area contributed by atoms with Gasteiger partial charge >= 0.3 is 0 Å². The molecule has 3 atom stereocenters. The van der Waals surface area contributed by atoms with Gasteiger partial charge in [0.25, 0.3) is 0 Å². The Kier molecular flexibility index (Phi) is 5.91. The van der Waals surface area contributed by atoms with E-state index in [-0.39, 0.29) is 0 Å². The number of hydrogen-bond acceptors (Lipinski definition) is 1. The van der Waals surface area contributed by atoms with Crippen molar-refractivity contribution in [3.63, 3.8) is 0 Å². The normalized spacial score (nSPS) is 25.9. The third-order valence-electron chi connectivity index (χ3n) is 4.25. The van der Waals surface area contributed by atoms with Crippen LogP contribution in [0.25, 0.3) is 0 Å². The largest absolute Gasteiger partial charge is 0.307 e. The highest BCUT2D eigenvalue weighted by Gasteiger charge is 2.22. The first-order valence-electron chi connectivity index (χ1n) is 7.29. The van der Waals surface area contributed by atoms with Crippen LogP contribution in [0.15, 0.2) is 27.1 Å². The summed E-state index contributed by atoms with van der Waals surface area (Å²) in [4.78, 5) is 0. The highest BCUT2D eigenvalue weighted by atomic mass is 79.9. The monoisotopic (exact) mass is 387 g/mol. The Labute approximate surface area is 133 Å². The Morgan fingerprint density at radius 3 is 2.63 bits per heavy atom. The van der Waals surface area contributed by atoms with Gasteiger partial charge in [-0.1, -0.05) is 64.1 Å². The van der Waals surface area contributed by atoms with Crippen LogP contribution in [-0.2, 0) is 0 Å². The highest BCUT2D eigenvalue weighted by molar-refractivity contribution is 9.11. The van der Waals surface area contributed by atoms with Gasteiger partial charge in [0.05, 0.1) is 0 Å². The van der Waals surface area contributed by atoms with Crippen molar-refractivity contribution in [2.45, 2.75) is 58.0 Å². The van der Waals surface area contributed by atoms with Crippen molar-refractivity contribution in [1.82, 2.24) is 5.32 Å². The van der Waals surface area contributed by atoms with E-state index in [2.05, 4.69) is 69.2 Å². The molecule has 0 saturated heterocycles. The molecule has 3 heteroatoms. The van der Waals surface area contributed by atoms with E-state index < -0.39 is 0 Å². The summed E-state index contributed by atoms with van der Waals surface area (Å²) >= 11 is 7.19. The predicted molar refractivity (Wildman–Crippen MR) is 89.4 cm³/mol. The van der Waals surface area contributed by atoms with E-state index in [1.54, 1.807) is 0 Å². The minimum absolute atomic E-state index is 0.396. The molecule has 0 spiro atoms. The average molecular weight is 389 g/mol. The molecule has 3 unspecified atom stereocenters. The minimum Gasteiger partial charge on any atom is -0.307 e. The second kappa shape index (κ2) is 7.24. The molecule has 19 heavy (non-hydrogen) atoms. The fourth-order valence-corrected chi connectivity index (χ4v) is 4.39. The van der Waals surface area contributed by atoms with Crippen LogP contribution in [0.2, 0.25) is 0 Å². The van der Waals surface area contributed by atoms with E-state index in [4.69, 9.17) is 0 Å². The molecule has 0 bridgehead atoms. The SMILES string of the molecule is CC(NC1CCCCCC1C)c1ccc(Br)cc1Br. The van der Waals surface area contributed by atoms with Gasteiger partial charge in [-0.15, -0.1) is 0 Å². The van der Waals surface area contributed by atoms with Crippen molar-refractivity contribution >= 4 is 31.9 Å². The maximum atomic E-state index is 3.84. The van der Waals surface area contributed by atoms with Crippen LogP contribution in [-0.4, -0.2) is 6.04 Å². The molecule has 1 saturated carbocycles. The summed E-state index contributed by atoms with van der Waals surface area (Å²) < 4.78 is 2.31. The topological polar surface area (TPSA) is 12.0 Å². The van der Waals surface area contributed by atoms with E-state index in [9.17, 15) is 0 Å². The molecule has 1 N–H and O–H groups in total. The lowest BCUT2D eigenvalue weighted by atomic mass is 9.95. The lowest BCUT2D eigenvalue weighted by Gasteiger charge is -2.27. The molecule has 1 aromatic carbocycles. The molecule has 0 aliphatic heterocycles. The van der Waals surface area contributed by atoms with Crippen LogP contribution >= 0.6 is 31.9 Å². The smallest absolute Gasteiger partial charge is 0.0305 e. The maximum Gasteiger partial charge on any atom is 0.0305 e. The summed E-state index contributed by atoms with van der Waals surface area (Å²) in [5.41, 5.74) is 1.35. The van der Waals surface area contributed by atoms with Gasteiger partial charge < -0.3 is 5.32 Å². The minimum atomic E-state index is 0.396. The van der Waals surface area contributed by atoms with Gasteiger partial charge in [-0.2, -0.15) is 0 Å². The Bertz CT molecular complexity index is 419. The number of benzene rings is 1. The van der Waals surface area contributed by atoms with E-state index in [1.165, 1.54) is 42.1 Å². The van der Waals surface area contributed by atoms with Crippen LogP contribution in [0.1, 0.15) is 57.6 Å². The molecule has 2 rings (SSSR count). The van der Waals surface area contributed by atoms with Crippen LogP contribution in [0.3, 0.4) is 0 Å². The number of hydrogen-bond donors (Lipinski definition) is 1. The van der Waals surface area contributed by atoms with Crippen LogP contribution in [0, 0.1) is 5.92 Å². The first kappa shape index (κ1) is 15.5. The summed E-state index contributed by atoms with van der Waals surface area (Å²) in [7, 11) is 0. The molecule has 0 aromatic heterocycles. The molecule has 1 nitrogen and oxygen atoms in total. The number of halogens is 2. The van der Waals surface area contributed by atoms with Crippen molar-refractivity contribution in [1.29, 1.82) is 0 Å². The third kappa shape index (κ3) is 4.30. The predicted octanol–water partition coefficient (Wildman–Crippen LogP) is 5.83. The molecule has 1 aromatic rings. The van der Waals surface area contributed by atoms with Crippen molar-refractivity contribution in [2.75, 3.05) is 0 Å². The molecule has 1 aliphatic carbocycles. The van der Waals surface area contributed by atoms with E-state index in [1.807, 2.05) is 0 Å². The quantitative estimate of drug-likeness (QED) is 0.642.